The first kappa shape index (κ1) is 16.9. The molecule has 0 bridgehead atoms. The van der Waals surface area contributed by atoms with Crippen molar-refractivity contribution in [2.45, 2.75) is 83.0 Å². The Bertz CT molecular complexity index is 568. The summed E-state index contributed by atoms with van der Waals surface area (Å²) in [5.41, 5.74) is -1.05. The third-order valence-electron chi connectivity index (χ3n) is 9.05. The molecular formula is C21H32O3. The van der Waals surface area contributed by atoms with Crippen molar-refractivity contribution in [1.29, 1.82) is 0 Å². The van der Waals surface area contributed by atoms with Crippen LogP contribution in [0.1, 0.15) is 65.2 Å². The number of terminal acetylenes is 1. The molecule has 0 aliphatic heterocycles. The Balaban J connectivity index is 1.69. The Labute approximate surface area is 145 Å². The van der Waals surface area contributed by atoms with E-state index in [2.05, 4.69) is 19.8 Å². The highest BCUT2D eigenvalue weighted by molar-refractivity contribution is 5.24. The molecule has 4 aliphatic rings. The molecular weight excluding hydrogens is 300 g/mol. The molecule has 3 heteroatoms. The summed E-state index contributed by atoms with van der Waals surface area (Å²) in [6.07, 6.45) is 12.4. The van der Waals surface area contributed by atoms with Crippen LogP contribution in [0.15, 0.2) is 0 Å². The lowest BCUT2D eigenvalue weighted by molar-refractivity contribution is -0.183. The van der Waals surface area contributed by atoms with E-state index in [4.69, 9.17) is 6.42 Å². The zero-order chi connectivity index (χ0) is 17.3. The van der Waals surface area contributed by atoms with Crippen LogP contribution in [0.5, 0.6) is 0 Å². The van der Waals surface area contributed by atoms with Crippen molar-refractivity contribution in [2.24, 2.45) is 34.5 Å². The van der Waals surface area contributed by atoms with Gasteiger partial charge in [-0.05, 0) is 80.5 Å². The second kappa shape index (κ2) is 5.22. The van der Waals surface area contributed by atoms with Gasteiger partial charge in [0.15, 0.2) is 0 Å². The summed E-state index contributed by atoms with van der Waals surface area (Å²) >= 11 is 0. The molecule has 0 saturated heterocycles. The first-order valence-electron chi connectivity index (χ1n) is 9.81. The third-order valence-corrected chi connectivity index (χ3v) is 9.05. The molecule has 24 heavy (non-hydrogen) atoms. The van der Waals surface area contributed by atoms with Gasteiger partial charge in [-0.2, -0.15) is 0 Å². The van der Waals surface area contributed by atoms with Gasteiger partial charge in [0.05, 0.1) is 12.2 Å². The predicted molar refractivity (Wildman–Crippen MR) is 92.9 cm³/mol. The van der Waals surface area contributed by atoms with E-state index in [-0.39, 0.29) is 29.0 Å². The number of aliphatic hydroxyl groups is 3. The van der Waals surface area contributed by atoms with Crippen LogP contribution in [0.25, 0.3) is 0 Å². The number of fused-ring (bicyclic) bond motifs is 5. The Morgan fingerprint density at radius 1 is 0.958 bits per heavy atom. The highest BCUT2D eigenvalue weighted by atomic mass is 16.3. The van der Waals surface area contributed by atoms with Gasteiger partial charge in [-0.3, -0.25) is 0 Å². The highest BCUT2D eigenvalue weighted by Gasteiger charge is 2.66. The normalized spacial score (nSPS) is 59.8. The van der Waals surface area contributed by atoms with Crippen LogP contribution in [0.2, 0.25) is 0 Å². The van der Waals surface area contributed by atoms with Crippen molar-refractivity contribution < 1.29 is 15.3 Å². The molecule has 4 saturated carbocycles. The van der Waals surface area contributed by atoms with Crippen LogP contribution < -0.4 is 0 Å². The molecule has 0 amide bonds. The van der Waals surface area contributed by atoms with E-state index >= 15 is 0 Å². The number of hydrogen-bond acceptors (Lipinski definition) is 3. The van der Waals surface area contributed by atoms with Gasteiger partial charge < -0.3 is 15.3 Å². The molecule has 1 unspecified atom stereocenters. The molecule has 4 fully saturated rings. The van der Waals surface area contributed by atoms with Crippen LogP contribution >= 0.6 is 0 Å². The summed E-state index contributed by atoms with van der Waals surface area (Å²) < 4.78 is 0. The number of aliphatic hydroxyl groups excluding tert-OH is 2. The third kappa shape index (κ3) is 1.97. The lowest BCUT2D eigenvalue weighted by atomic mass is 9.43. The minimum Gasteiger partial charge on any atom is -0.393 e. The van der Waals surface area contributed by atoms with Crippen molar-refractivity contribution in [1.82, 2.24) is 0 Å². The maximum Gasteiger partial charge on any atom is 0.130 e. The first-order chi connectivity index (χ1) is 11.2. The maximum atomic E-state index is 11.0. The van der Waals surface area contributed by atoms with Gasteiger partial charge in [0.25, 0.3) is 0 Å². The van der Waals surface area contributed by atoms with Gasteiger partial charge in [-0.25, -0.2) is 0 Å². The molecule has 0 spiro atoms. The van der Waals surface area contributed by atoms with Crippen LogP contribution in [-0.2, 0) is 0 Å². The Hall–Kier alpha value is -0.560. The second-order valence-electron chi connectivity index (χ2n) is 9.72. The Kier molecular flexibility index (Phi) is 3.67. The maximum absolute atomic E-state index is 11.0. The molecule has 0 heterocycles. The first-order valence-corrected chi connectivity index (χ1v) is 9.81. The van der Waals surface area contributed by atoms with Gasteiger partial charge in [-0.15, -0.1) is 6.42 Å². The minimum atomic E-state index is -1.01. The van der Waals surface area contributed by atoms with Gasteiger partial charge in [0.2, 0.25) is 0 Å². The van der Waals surface area contributed by atoms with Crippen molar-refractivity contribution >= 4 is 0 Å². The van der Waals surface area contributed by atoms with Gasteiger partial charge >= 0.3 is 0 Å². The lowest BCUT2D eigenvalue weighted by Crippen LogP contribution is -2.60. The van der Waals surface area contributed by atoms with Crippen molar-refractivity contribution in [3.63, 3.8) is 0 Å². The van der Waals surface area contributed by atoms with Crippen molar-refractivity contribution in [3.8, 4) is 12.3 Å². The number of rotatable bonds is 0. The fourth-order valence-electron chi connectivity index (χ4n) is 7.46. The summed E-state index contributed by atoms with van der Waals surface area (Å²) in [6.45, 7) is 4.56. The zero-order valence-corrected chi connectivity index (χ0v) is 15.0. The number of hydrogen-bond donors (Lipinski definition) is 3. The fourth-order valence-corrected chi connectivity index (χ4v) is 7.46. The SMILES string of the molecule is C#C[C@]1(O)CC[C@H]2[C@@H]3[C@H](O)CC4C[C@@H](O)CC[C@]4(C)[C@H]3CC[C@@]21C. The zero-order valence-electron chi connectivity index (χ0n) is 15.0. The van der Waals surface area contributed by atoms with Crippen LogP contribution in [0.3, 0.4) is 0 Å². The summed E-state index contributed by atoms with van der Waals surface area (Å²) in [4.78, 5) is 0. The lowest BCUT2D eigenvalue weighted by Gasteiger charge is -2.62. The molecule has 0 aromatic rings. The van der Waals surface area contributed by atoms with Crippen LogP contribution in [-0.4, -0.2) is 33.1 Å². The predicted octanol–water partition coefficient (Wildman–Crippen LogP) is 2.73. The van der Waals surface area contributed by atoms with Crippen molar-refractivity contribution in [2.75, 3.05) is 0 Å². The molecule has 4 aliphatic carbocycles. The van der Waals surface area contributed by atoms with E-state index in [1.807, 2.05) is 0 Å². The van der Waals surface area contributed by atoms with E-state index < -0.39 is 5.60 Å². The van der Waals surface area contributed by atoms with E-state index in [1.54, 1.807) is 0 Å². The molecule has 134 valence electrons. The molecule has 4 rings (SSSR count). The van der Waals surface area contributed by atoms with Gasteiger partial charge in [-0.1, -0.05) is 19.8 Å². The van der Waals surface area contributed by atoms with Crippen LogP contribution in [0, 0.1) is 46.8 Å². The minimum absolute atomic E-state index is 0.196. The van der Waals surface area contributed by atoms with E-state index in [1.165, 1.54) is 0 Å². The largest absolute Gasteiger partial charge is 0.393 e. The van der Waals surface area contributed by atoms with E-state index in [0.29, 0.717) is 24.2 Å². The quantitative estimate of drug-likeness (QED) is 0.598. The molecule has 3 N–H and O–H groups in total. The smallest absolute Gasteiger partial charge is 0.130 e. The van der Waals surface area contributed by atoms with Crippen molar-refractivity contribution in [3.05, 3.63) is 0 Å². The summed E-state index contributed by atoms with van der Waals surface area (Å²) in [5.74, 6) is 4.19. The average Bonchev–Trinajstić information content (AvgIpc) is 2.82. The summed E-state index contributed by atoms with van der Waals surface area (Å²) in [6, 6.07) is 0. The summed E-state index contributed by atoms with van der Waals surface area (Å²) in [7, 11) is 0. The Morgan fingerprint density at radius 3 is 2.38 bits per heavy atom. The van der Waals surface area contributed by atoms with Gasteiger partial charge in [0, 0.05) is 5.41 Å². The fraction of sp³-hybridized carbons (Fsp3) is 0.905. The Morgan fingerprint density at radius 2 is 1.67 bits per heavy atom. The molecule has 0 aromatic heterocycles. The topological polar surface area (TPSA) is 60.7 Å². The monoisotopic (exact) mass is 332 g/mol. The highest BCUT2D eigenvalue weighted by Crippen LogP contribution is 2.68. The molecule has 0 radical (unpaired) electrons. The summed E-state index contributed by atoms with van der Waals surface area (Å²) in [5, 5.41) is 32.1. The molecule has 3 nitrogen and oxygen atoms in total. The average molecular weight is 332 g/mol. The van der Waals surface area contributed by atoms with Gasteiger partial charge in [0.1, 0.15) is 5.60 Å². The standard InChI is InChI=1S/C21H32O3/c1-4-21(24)10-7-16-18-15(6-9-20(16,21)3)19(2)8-5-14(22)11-13(19)12-17(18)23/h1,13-18,22-24H,5-12H2,2-3H3/t13?,14-,15-,16-,17+,18+,19-,20-,21-/m0/s1. The van der Waals surface area contributed by atoms with E-state index in [0.717, 1.165) is 44.9 Å². The molecule has 9 atom stereocenters. The second-order valence-corrected chi connectivity index (χ2v) is 9.72. The van der Waals surface area contributed by atoms with E-state index in [9.17, 15) is 15.3 Å². The van der Waals surface area contributed by atoms with Crippen LogP contribution in [0.4, 0.5) is 0 Å². The molecule has 0 aromatic carbocycles.